The molecule has 5 nitrogen and oxygen atoms in total. The first-order valence-corrected chi connectivity index (χ1v) is 7.10. The number of hydrogen-bond donors (Lipinski definition) is 1. The zero-order valence-electron chi connectivity index (χ0n) is 13.7. The van der Waals surface area contributed by atoms with E-state index in [0.29, 0.717) is 12.6 Å². The van der Waals surface area contributed by atoms with Crippen LogP contribution in [0.5, 0.6) is 0 Å². The van der Waals surface area contributed by atoms with E-state index in [1.165, 1.54) is 6.20 Å². The number of aromatic nitrogens is 1. The molecule has 130 valence electrons. The Morgan fingerprint density at radius 3 is 2.43 bits per heavy atom. The van der Waals surface area contributed by atoms with Crippen LogP contribution in [0.3, 0.4) is 0 Å². The maximum absolute atomic E-state index is 12.7. The molecular formula is C15H22F3N3O2. The van der Waals surface area contributed by atoms with Gasteiger partial charge in [-0.25, -0.2) is 0 Å². The van der Waals surface area contributed by atoms with Gasteiger partial charge in [0, 0.05) is 19.3 Å². The second kappa shape index (κ2) is 7.16. The van der Waals surface area contributed by atoms with Gasteiger partial charge in [0.25, 0.3) is 5.56 Å². The number of carbonyl (C=O) groups is 1. The van der Waals surface area contributed by atoms with Crippen molar-refractivity contribution in [3.8, 4) is 0 Å². The molecule has 0 aliphatic heterocycles. The van der Waals surface area contributed by atoms with Gasteiger partial charge in [0.2, 0.25) is 5.91 Å². The average Bonchev–Trinajstić information content (AvgIpc) is 2.36. The van der Waals surface area contributed by atoms with Crippen LogP contribution in [-0.4, -0.2) is 42.6 Å². The number of pyridine rings is 1. The van der Waals surface area contributed by atoms with Gasteiger partial charge in [-0.1, -0.05) is 13.8 Å². The van der Waals surface area contributed by atoms with Crippen LogP contribution in [0.25, 0.3) is 0 Å². The maximum Gasteiger partial charge on any atom is 0.421 e. The van der Waals surface area contributed by atoms with Gasteiger partial charge in [-0.2, -0.15) is 13.2 Å². The second-order valence-corrected chi connectivity index (χ2v) is 6.53. The van der Waals surface area contributed by atoms with Crippen molar-refractivity contribution < 1.29 is 18.0 Å². The van der Waals surface area contributed by atoms with Crippen molar-refractivity contribution in [1.82, 2.24) is 14.8 Å². The van der Waals surface area contributed by atoms with Crippen LogP contribution < -0.4 is 10.9 Å². The molecule has 0 saturated heterocycles. The van der Waals surface area contributed by atoms with E-state index in [1.807, 2.05) is 32.8 Å². The third-order valence-corrected chi connectivity index (χ3v) is 3.15. The Kier molecular flexibility index (Phi) is 5.98. The van der Waals surface area contributed by atoms with Crippen molar-refractivity contribution in [3.63, 3.8) is 0 Å². The lowest BCUT2D eigenvalue weighted by Gasteiger charge is -2.28. The molecule has 0 fully saturated rings. The van der Waals surface area contributed by atoms with Gasteiger partial charge in [-0.15, -0.1) is 0 Å². The van der Waals surface area contributed by atoms with Gasteiger partial charge in [-0.3, -0.25) is 9.59 Å². The Bertz CT molecular complexity index is 607. The van der Waals surface area contributed by atoms with Gasteiger partial charge < -0.3 is 14.8 Å². The topological polar surface area (TPSA) is 54.3 Å². The Labute approximate surface area is 133 Å². The molecule has 1 N–H and O–H groups in total. The minimum Gasteiger partial charge on any atom is -0.354 e. The Balaban J connectivity index is 2.74. The van der Waals surface area contributed by atoms with E-state index in [2.05, 4.69) is 5.32 Å². The molecule has 0 bridgehead atoms. The number of alkyl halides is 3. The van der Waals surface area contributed by atoms with Crippen molar-refractivity contribution >= 4 is 5.91 Å². The van der Waals surface area contributed by atoms with Gasteiger partial charge in [-0.05, 0) is 31.6 Å². The second-order valence-electron chi connectivity index (χ2n) is 6.53. The summed E-state index contributed by atoms with van der Waals surface area (Å²) in [5.41, 5.74) is -2.69. The fraction of sp³-hybridized carbons (Fsp3) is 0.600. The van der Waals surface area contributed by atoms with Crippen molar-refractivity contribution in [3.05, 3.63) is 34.2 Å². The Morgan fingerprint density at radius 2 is 1.91 bits per heavy atom. The quantitative estimate of drug-likeness (QED) is 0.860. The molecule has 0 spiro atoms. The van der Waals surface area contributed by atoms with Crippen LogP contribution >= 0.6 is 0 Å². The highest BCUT2D eigenvalue weighted by molar-refractivity contribution is 5.75. The minimum absolute atomic E-state index is 0.196. The summed E-state index contributed by atoms with van der Waals surface area (Å²) in [5, 5.41) is 2.66. The summed E-state index contributed by atoms with van der Waals surface area (Å²) in [6.45, 7) is 4.57. The average molecular weight is 333 g/mol. The summed E-state index contributed by atoms with van der Waals surface area (Å²) in [4.78, 5) is 25.6. The molecule has 0 aliphatic carbocycles. The molecule has 23 heavy (non-hydrogen) atoms. The molecule has 0 radical (unpaired) electrons. The SMILES string of the molecule is CN(C)CC(C)(C)CNC(=O)Cn1cccc(C(F)(F)F)c1=O. The predicted molar refractivity (Wildman–Crippen MR) is 81.0 cm³/mol. The summed E-state index contributed by atoms with van der Waals surface area (Å²) in [7, 11) is 3.82. The molecule has 1 heterocycles. The zero-order chi connectivity index (χ0) is 17.8. The van der Waals surface area contributed by atoms with E-state index in [0.717, 1.165) is 17.2 Å². The standard InChI is InChI=1S/C15H22F3N3O2/c1-14(2,10-20(3)4)9-19-12(22)8-21-7-5-6-11(13(21)23)15(16,17)18/h5-7H,8-10H2,1-4H3,(H,19,22). The zero-order valence-corrected chi connectivity index (χ0v) is 13.7. The fourth-order valence-corrected chi connectivity index (χ4v) is 2.34. The largest absolute Gasteiger partial charge is 0.421 e. The first kappa shape index (κ1) is 19.2. The molecule has 0 unspecified atom stereocenters. The molecule has 1 aromatic heterocycles. The number of rotatable bonds is 6. The molecule has 0 aromatic carbocycles. The van der Waals surface area contributed by atoms with Crippen LogP contribution in [0.15, 0.2) is 23.1 Å². The van der Waals surface area contributed by atoms with Gasteiger partial charge in [0.05, 0.1) is 0 Å². The number of amides is 1. The van der Waals surface area contributed by atoms with E-state index < -0.39 is 29.8 Å². The summed E-state index contributed by atoms with van der Waals surface area (Å²) < 4.78 is 38.8. The van der Waals surface area contributed by atoms with Gasteiger partial charge in [0.1, 0.15) is 12.1 Å². The number of nitrogens with zero attached hydrogens (tertiary/aromatic N) is 2. The molecular weight excluding hydrogens is 311 g/mol. The molecule has 0 saturated carbocycles. The number of hydrogen-bond acceptors (Lipinski definition) is 3. The summed E-state index contributed by atoms with van der Waals surface area (Å²) in [6.07, 6.45) is -3.56. The summed E-state index contributed by atoms with van der Waals surface area (Å²) in [6, 6.07) is 1.81. The summed E-state index contributed by atoms with van der Waals surface area (Å²) in [5.74, 6) is -0.502. The van der Waals surface area contributed by atoms with E-state index in [4.69, 9.17) is 0 Å². The summed E-state index contributed by atoms with van der Waals surface area (Å²) >= 11 is 0. The smallest absolute Gasteiger partial charge is 0.354 e. The van der Waals surface area contributed by atoms with Crippen molar-refractivity contribution in [2.45, 2.75) is 26.6 Å². The monoisotopic (exact) mass is 333 g/mol. The van der Waals surface area contributed by atoms with Crippen LogP contribution in [-0.2, 0) is 17.5 Å². The number of nitrogens with one attached hydrogen (secondary N) is 1. The molecule has 1 rings (SSSR count). The van der Waals surface area contributed by atoms with E-state index in [-0.39, 0.29) is 5.41 Å². The third-order valence-electron chi connectivity index (χ3n) is 3.15. The maximum atomic E-state index is 12.7. The number of halogens is 3. The van der Waals surface area contributed by atoms with Crippen LogP contribution in [0.4, 0.5) is 13.2 Å². The molecule has 1 aromatic rings. The molecule has 1 amide bonds. The first-order chi connectivity index (χ1) is 10.4. The molecule has 8 heteroatoms. The fourth-order valence-electron chi connectivity index (χ4n) is 2.34. The minimum atomic E-state index is -4.73. The highest BCUT2D eigenvalue weighted by atomic mass is 19.4. The molecule has 0 aliphatic rings. The lowest BCUT2D eigenvalue weighted by atomic mass is 9.93. The highest BCUT2D eigenvalue weighted by Crippen LogP contribution is 2.25. The van der Waals surface area contributed by atoms with Crippen molar-refractivity contribution in [2.75, 3.05) is 27.2 Å². The third kappa shape index (κ3) is 6.05. The lowest BCUT2D eigenvalue weighted by Crippen LogP contribution is -2.42. The number of carbonyl (C=O) groups excluding carboxylic acids is 1. The van der Waals surface area contributed by atoms with Crippen LogP contribution in [0, 0.1) is 5.41 Å². The van der Waals surface area contributed by atoms with Crippen LogP contribution in [0.1, 0.15) is 19.4 Å². The predicted octanol–water partition coefficient (Wildman–Crippen LogP) is 1.57. The Morgan fingerprint density at radius 1 is 1.30 bits per heavy atom. The van der Waals surface area contributed by atoms with Crippen molar-refractivity contribution in [1.29, 1.82) is 0 Å². The van der Waals surface area contributed by atoms with Crippen molar-refractivity contribution in [2.24, 2.45) is 5.41 Å². The molecule has 0 atom stereocenters. The normalized spacial score (nSPS) is 12.5. The van der Waals surface area contributed by atoms with Crippen LogP contribution in [0.2, 0.25) is 0 Å². The Hall–Kier alpha value is -1.83. The van der Waals surface area contributed by atoms with E-state index in [1.54, 1.807) is 0 Å². The first-order valence-electron chi connectivity index (χ1n) is 7.10. The highest BCUT2D eigenvalue weighted by Gasteiger charge is 2.34. The van der Waals surface area contributed by atoms with Gasteiger partial charge >= 0.3 is 6.18 Å². The van der Waals surface area contributed by atoms with E-state index in [9.17, 15) is 22.8 Å². The van der Waals surface area contributed by atoms with Gasteiger partial charge in [0.15, 0.2) is 0 Å². The lowest BCUT2D eigenvalue weighted by molar-refractivity contribution is -0.139. The van der Waals surface area contributed by atoms with E-state index >= 15 is 0 Å².